The normalized spacial score (nSPS) is 11.0. The Morgan fingerprint density at radius 3 is 1.21 bits per heavy atom. The second kappa shape index (κ2) is 5.35. The number of hydrogen-bond acceptors (Lipinski definition) is 3. The summed E-state index contributed by atoms with van der Waals surface area (Å²) in [6.07, 6.45) is -13.8. The molecule has 0 spiro atoms. The van der Waals surface area contributed by atoms with E-state index < -0.39 is 18.9 Å². The van der Waals surface area contributed by atoms with Gasteiger partial charge < -0.3 is 9.47 Å². The van der Waals surface area contributed by atoms with E-state index >= 15 is 0 Å². The van der Waals surface area contributed by atoms with Crippen molar-refractivity contribution < 1.29 is 40.6 Å². The van der Waals surface area contributed by atoms with Crippen LogP contribution >= 0.6 is 0 Å². The third-order valence-corrected chi connectivity index (χ3v) is 0.398. The van der Waals surface area contributed by atoms with E-state index in [0.29, 0.717) is 0 Å². The van der Waals surface area contributed by atoms with Gasteiger partial charge in [0, 0.05) is 0 Å². The molecule has 3 nitrogen and oxygen atoms in total. The fourth-order valence-electron chi connectivity index (χ4n) is 0.210. The number of rotatable bonds is 0. The quantitative estimate of drug-likeness (QED) is 0.362. The molecule has 0 atom stereocenters. The van der Waals surface area contributed by atoms with Crippen molar-refractivity contribution in [3.8, 4) is 0 Å². The minimum Gasteiger partial charge on any atom is -0.340 e. The molecule has 0 saturated heterocycles. The van der Waals surface area contributed by atoms with Crippen LogP contribution in [0.5, 0.6) is 0 Å². The number of alkyl halides is 6. The molecule has 84 valence electrons. The number of carbonyl (C=O) groups is 1. The maximum absolute atomic E-state index is 11.0. The summed E-state index contributed by atoms with van der Waals surface area (Å²) < 4.78 is 70.4. The van der Waals surface area contributed by atoms with Crippen LogP contribution in [0.4, 0.5) is 31.1 Å². The van der Waals surface area contributed by atoms with Crippen LogP contribution < -0.4 is 0 Å². The number of halogens is 6. The monoisotopic (exact) mass is 226 g/mol. The fourth-order valence-corrected chi connectivity index (χ4v) is 0.210. The van der Waals surface area contributed by atoms with Crippen molar-refractivity contribution in [2.75, 3.05) is 0 Å². The third kappa shape index (κ3) is 13.2. The average molecular weight is 226 g/mol. The standard InChI is InChI=1S/C3F6O3.C2H4/c4-2(5,6)11-1(10)12-3(7,8)9;1-2/h;1-2H2. The van der Waals surface area contributed by atoms with Gasteiger partial charge in [-0.25, -0.2) is 4.79 Å². The predicted octanol–water partition coefficient (Wildman–Crippen LogP) is 2.98. The van der Waals surface area contributed by atoms with Crippen molar-refractivity contribution in [3.05, 3.63) is 13.2 Å². The van der Waals surface area contributed by atoms with Gasteiger partial charge in [0.15, 0.2) is 0 Å². The summed E-state index contributed by atoms with van der Waals surface area (Å²) in [5, 5.41) is 0. The summed E-state index contributed by atoms with van der Waals surface area (Å²) in [5.41, 5.74) is 0. The van der Waals surface area contributed by atoms with Crippen LogP contribution in [0.15, 0.2) is 13.2 Å². The van der Waals surface area contributed by atoms with Gasteiger partial charge in [0.25, 0.3) is 0 Å². The van der Waals surface area contributed by atoms with Crippen LogP contribution in [-0.4, -0.2) is 18.9 Å². The Morgan fingerprint density at radius 1 is 0.857 bits per heavy atom. The largest absolute Gasteiger partial charge is 0.577 e. The van der Waals surface area contributed by atoms with Crippen molar-refractivity contribution in [3.63, 3.8) is 0 Å². The van der Waals surface area contributed by atoms with Gasteiger partial charge >= 0.3 is 18.9 Å². The summed E-state index contributed by atoms with van der Waals surface area (Å²) in [6, 6.07) is 0. The first kappa shape index (κ1) is 15.1. The van der Waals surface area contributed by atoms with Crippen LogP contribution in [0.2, 0.25) is 0 Å². The van der Waals surface area contributed by atoms with E-state index in [4.69, 9.17) is 0 Å². The molecule has 0 N–H and O–H groups in total. The molecule has 0 aliphatic heterocycles. The van der Waals surface area contributed by atoms with Crippen LogP contribution in [-0.2, 0) is 9.47 Å². The highest BCUT2D eigenvalue weighted by molar-refractivity contribution is 5.60. The maximum Gasteiger partial charge on any atom is 0.577 e. The maximum atomic E-state index is 11.0. The van der Waals surface area contributed by atoms with Crippen LogP contribution in [0.3, 0.4) is 0 Å². The molecule has 0 fully saturated rings. The van der Waals surface area contributed by atoms with Crippen molar-refractivity contribution >= 4 is 6.16 Å². The van der Waals surface area contributed by atoms with E-state index in [9.17, 15) is 31.1 Å². The zero-order valence-electron chi connectivity index (χ0n) is 6.41. The minimum absolute atomic E-state index is 2.23. The van der Waals surface area contributed by atoms with Gasteiger partial charge in [0.05, 0.1) is 0 Å². The Hall–Kier alpha value is -1.41. The number of hydrogen-bond donors (Lipinski definition) is 0. The molecule has 0 heterocycles. The van der Waals surface area contributed by atoms with Crippen molar-refractivity contribution in [1.82, 2.24) is 0 Å². The van der Waals surface area contributed by atoms with Gasteiger partial charge in [-0.05, 0) is 0 Å². The fraction of sp³-hybridized carbons (Fsp3) is 0.400. The Balaban J connectivity index is 0. The second-order valence-corrected chi connectivity index (χ2v) is 1.35. The molecule has 0 aromatic rings. The highest BCUT2D eigenvalue weighted by Crippen LogP contribution is 2.21. The molecule has 0 rings (SSSR count). The highest BCUT2D eigenvalue weighted by atomic mass is 19.4. The SMILES string of the molecule is C=C.O=C(OC(F)(F)F)OC(F)(F)F. The van der Waals surface area contributed by atoms with Gasteiger partial charge in [-0.3, -0.25) is 0 Å². The van der Waals surface area contributed by atoms with Crippen molar-refractivity contribution in [2.45, 2.75) is 12.7 Å². The molecule has 0 aromatic carbocycles. The predicted molar refractivity (Wildman–Crippen MR) is 30.9 cm³/mol. The molecule has 0 aromatic heterocycles. The van der Waals surface area contributed by atoms with E-state index in [-0.39, 0.29) is 0 Å². The van der Waals surface area contributed by atoms with Crippen LogP contribution in [0.25, 0.3) is 0 Å². The van der Waals surface area contributed by atoms with Gasteiger partial charge in [0.2, 0.25) is 0 Å². The molecular weight excluding hydrogens is 222 g/mol. The lowest BCUT2D eigenvalue weighted by Gasteiger charge is -2.08. The average Bonchev–Trinajstić information content (AvgIpc) is 1.82. The molecule has 0 saturated carbocycles. The Kier molecular flexibility index (Phi) is 5.76. The van der Waals surface area contributed by atoms with E-state index in [1.54, 1.807) is 0 Å². The first-order valence-corrected chi connectivity index (χ1v) is 2.65. The molecule has 14 heavy (non-hydrogen) atoms. The summed E-state index contributed by atoms with van der Waals surface area (Å²) in [7, 11) is 0. The topological polar surface area (TPSA) is 35.5 Å². The molecule has 9 heteroatoms. The lowest BCUT2D eigenvalue weighted by atomic mass is 11.2. The van der Waals surface area contributed by atoms with Gasteiger partial charge in [0.1, 0.15) is 0 Å². The molecular formula is C5H4F6O3. The molecule has 0 amide bonds. The molecule has 0 aliphatic rings. The smallest absolute Gasteiger partial charge is 0.340 e. The summed E-state index contributed by atoms with van der Waals surface area (Å²) in [5.74, 6) is 0. The van der Waals surface area contributed by atoms with Crippen LogP contribution in [0.1, 0.15) is 0 Å². The first-order valence-electron chi connectivity index (χ1n) is 2.65. The lowest BCUT2D eigenvalue weighted by Crippen LogP contribution is -2.26. The van der Waals surface area contributed by atoms with Crippen molar-refractivity contribution in [2.24, 2.45) is 0 Å². The number of ether oxygens (including phenoxy) is 2. The zero-order valence-corrected chi connectivity index (χ0v) is 6.41. The lowest BCUT2D eigenvalue weighted by molar-refractivity contribution is -0.338. The third-order valence-electron chi connectivity index (χ3n) is 0.398. The summed E-state index contributed by atoms with van der Waals surface area (Å²) >= 11 is 0. The number of carbonyl (C=O) groups excluding carboxylic acids is 1. The first-order chi connectivity index (χ1) is 6.10. The minimum atomic E-state index is -5.48. The Labute approximate surface area is 73.9 Å². The zero-order chi connectivity index (χ0) is 12.0. The highest BCUT2D eigenvalue weighted by Gasteiger charge is 2.41. The van der Waals surface area contributed by atoms with Gasteiger partial charge in [-0.1, -0.05) is 0 Å². The Bertz CT molecular complexity index is 165. The molecule has 0 bridgehead atoms. The van der Waals surface area contributed by atoms with Gasteiger partial charge in [-0.2, -0.15) is 0 Å². The van der Waals surface area contributed by atoms with E-state index in [1.165, 1.54) is 0 Å². The van der Waals surface area contributed by atoms with Crippen LogP contribution in [0, 0.1) is 0 Å². The van der Waals surface area contributed by atoms with Gasteiger partial charge in [-0.15, -0.1) is 39.5 Å². The van der Waals surface area contributed by atoms with E-state index in [0.717, 1.165) is 0 Å². The molecule has 0 unspecified atom stereocenters. The summed E-state index contributed by atoms with van der Waals surface area (Å²) in [4.78, 5) is 9.59. The van der Waals surface area contributed by atoms with E-state index in [2.05, 4.69) is 22.6 Å². The Morgan fingerprint density at radius 2 is 1.07 bits per heavy atom. The van der Waals surface area contributed by atoms with Crippen molar-refractivity contribution in [1.29, 1.82) is 0 Å². The molecule has 0 aliphatic carbocycles. The summed E-state index contributed by atoms with van der Waals surface area (Å²) in [6.45, 7) is 6.00. The second-order valence-electron chi connectivity index (χ2n) is 1.35. The molecule has 0 radical (unpaired) electrons. The van der Waals surface area contributed by atoms with E-state index in [1.807, 2.05) is 0 Å².